The summed E-state index contributed by atoms with van der Waals surface area (Å²) < 4.78 is 68.5. The van der Waals surface area contributed by atoms with E-state index in [0.29, 0.717) is 25.7 Å². The van der Waals surface area contributed by atoms with Crippen molar-refractivity contribution in [3.63, 3.8) is 0 Å². The van der Waals surface area contributed by atoms with Crippen molar-refractivity contribution in [1.29, 1.82) is 0 Å². The summed E-state index contributed by atoms with van der Waals surface area (Å²) in [6.07, 6.45) is 55.3. The van der Waals surface area contributed by atoms with Crippen LogP contribution < -0.4 is 0 Å². The van der Waals surface area contributed by atoms with E-state index >= 15 is 0 Å². The second-order valence-corrected chi connectivity index (χ2v) is 30.1. The van der Waals surface area contributed by atoms with Gasteiger partial charge in [0.2, 0.25) is 0 Å². The van der Waals surface area contributed by atoms with Gasteiger partial charge in [0, 0.05) is 25.7 Å². The van der Waals surface area contributed by atoms with Gasteiger partial charge in [0.15, 0.2) is 12.2 Å². The molecule has 0 fully saturated rings. The standard InChI is InChI=1S/C74H144O17P2/c1-6-9-12-15-18-21-24-26-27-28-30-34-40-45-50-55-60-74(79)91-70(64-85-72(77)58-53-48-43-38-35-31-32-36-41-46-51-56-67(4)5)66-89-93(82,83)87-62-68(75)61-86-92(80,81)88-65-69(63-84-71(76)57-52-47-42-37-23-20-17-14-11-8-3)90-73(78)59-54-49-44-39-33-29-25-22-19-16-13-10-7-2/h67-70,75H,6-66H2,1-5H3,(H,80,81)(H,82,83)/t68-,69+,70+/m0/s1. The average Bonchev–Trinajstić information content (AvgIpc) is 3.05. The van der Waals surface area contributed by atoms with Crippen LogP contribution in [0, 0.1) is 5.92 Å². The first-order valence-corrected chi connectivity index (χ1v) is 41.6. The van der Waals surface area contributed by atoms with Crippen LogP contribution in [0.5, 0.6) is 0 Å². The lowest BCUT2D eigenvalue weighted by molar-refractivity contribution is -0.161. The number of ether oxygens (including phenoxy) is 4. The SMILES string of the molecule is CCCCCCCCCCCCCCCCCCC(=O)O[C@H](COC(=O)CCCCCCCCCCCCCC(C)C)COP(=O)(O)OC[C@@H](O)COP(=O)(O)OC[C@@H](COC(=O)CCCCCCCCCCCC)OC(=O)CCCCCCCCCCCCCCC. The molecule has 93 heavy (non-hydrogen) atoms. The van der Waals surface area contributed by atoms with Crippen LogP contribution in [0.3, 0.4) is 0 Å². The maximum Gasteiger partial charge on any atom is 0.472 e. The molecule has 0 heterocycles. The second kappa shape index (κ2) is 67.3. The summed E-state index contributed by atoms with van der Waals surface area (Å²) in [6.45, 7) is 7.28. The molecule has 3 N–H and O–H groups in total. The molecule has 0 bridgehead atoms. The summed E-state index contributed by atoms with van der Waals surface area (Å²) in [5.74, 6) is -1.34. The normalized spacial score (nSPS) is 14.0. The van der Waals surface area contributed by atoms with E-state index in [-0.39, 0.29) is 25.7 Å². The summed E-state index contributed by atoms with van der Waals surface area (Å²) in [5, 5.41) is 10.6. The van der Waals surface area contributed by atoms with E-state index < -0.39 is 97.5 Å². The zero-order valence-electron chi connectivity index (χ0n) is 60.4. The van der Waals surface area contributed by atoms with Crippen LogP contribution >= 0.6 is 15.6 Å². The highest BCUT2D eigenvalue weighted by Crippen LogP contribution is 2.45. The summed E-state index contributed by atoms with van der Waals surface area (Å²) in [5.41, 5.74) is 0. The molecule has 0 aliphatic carbocycles. The molecule has 0 amide bonds. The van der Waals surface area contributed by atoms with Gasteiger partial charge in [-0.05, 0) is 31.6 Å². The lowest BCUT2D eigenvalue weighted by atomic mass is 10.0. The van der Waals surface area contributed by atoms with Crippen molar-refractivity contribution in [2.75, 3.05) is 39.6 Å². The molecule has 19 heteroatoms. The fourth-order valence-corrected chi connectivity index (χ4v) is 12.9. The Kier molecular flexibility index (Phi) is 65.9. The molecule has 0 aliphatic heterocycles. The van der Waals surface area contributed by atoms with Gasteiger partial charge < -0.3 is 33.8 Å². The van der Waals surface area contributed by atoms with Crippen LogP contribution in [0.15, 0.2) is 0 Å². The molecule has 0 spiro atoms. The number of unbranched alkanes of at least 4 members (excludes halogenated alkanes) is 46. The smallest absolute Gasteiger partial charge is 0.462 e. The van der Waals surface area contributed by atoms with Gasteiger partial charge >= 0.3 is 39.5 Å². The number of aliphatic hydroxyl groups is 1. The first-order chi connectivity index (χ1) is 45.0. The maximum atomic E-state index is 13.1. The van der Waals surface area contributed by atoms with Crippen LogP contribution in [0.25, 0.3) is 0 Å². The molecule has 0 saturated carbocycles. The third kappa shape index (κ3) is 68.4. The molecule has 0 radical (unpaired) electrons. The largest absolute Gasteiger partial charge is 0.472 e. The number of aliphatic hydroxyl groups excluding tert-OH is 1. The Morgan fingerprint density at radius 2 is 0.495 bits per heavy atom. The van der Waals surface area contributed by atoms with Crippen molar-refractivity contribution < 1.29 is 80.2 Å². The van der Waals surface area contributed by atoms with E-state index in [4.69, 9.17) is 37.0 Å². The first kappa shape index (κ1) is 91.1. The van der Waals surface area contributed by atoms with Crippen LogP contribution in [0.2, 0.25) is 0 Å². The summed E-state index contributed by atoms with van der Waals surface area (Å²) in [6, 6.07) is 0. The second-order valence-electron chi connectivity index (χ2n) is 27.2. The quantitative estimate of drug-likeness (QED) is 0.0222. The van der Waals surface area contributed by atoms with Crippen LogP contribution in [0.4, 0.5) is 0 Å². The molecule has 17 nitrogen and oxygen atoms in total. The van der Waals surface area contributed by atoms with Crippen molar-refractivity contribution in [3.05, 3.63) is 0 Å². The van der Waals surface area contributed by atoms with Crippen LogP contribution in [-0.2, 0) is 65.4 Å². The maximum absolute atomic E-state index is 13.1. The summed E-state index contributed by atoms with van der Waals surface area (Å²) in [4.78, 5) is 72.7. The lowest BCUT2D eigenvalue weighted by Gasteiger charge is -2.21. The van der Waals surface area contributed by atoms with E-state index in [1.54, 1.807) is 0 Å². The van der Waals surface area contributed by atoms with Crippen molar-refractivity contribution in [3.8, 4) is 0 Å². The van der Waals surface area contributed by atoms with Gasteiger partial charge in [-0.25, -0.2) is 9.13 Å². The van der Waals surface area contributed by atoms with Gasteiger partial charge in [-0.3, -0.25) is 37.3 Å². The highest BCUT2D eigenvalue weighted by Gasteiger charge is 2.30. The van der Waals surface area contributed by atoms with Crippen LogP contribution in [0.1, 0.15) is 388 Å². The summed E-state index contributed by atoms with van der Waals surface area (Å²) in [7, 11) is -9.91. The number of esters is 4. The minimum Gasteiger partial charge on any atom is -0.462 e. The fourth-order valence-electron chi connectivity index (χ4n) is 11.4. The summed E-state index contributed by atoms with van der Waals surface area (Å²) >= 11 is 0. The molecule has 0 rings (SSSR count). The Bertz CT molecular complexity index is 1790. The molecular weight excluding hydrogens is 1220 g/mol. The molecule has 552 valence electrons. The Balaban J connectivity index is 5.25. The highest BCUT2D eigenvalue weighted by molar-refractivity contribution is 7.47. The molecule has 0 aliphatic rings. The van der Waals surface area contributed by atoms with E-state index in [2.05, 4.69) is 34.6 Å². The molecule has 0 saturated heterocycles. The zero-order valence-corrected chi connectivity index (χ0v) is 62.2. The van der Waals surface area contributed by atoms with Crippen LogP contribution in [-0.4, -0.2) is 96.7 Å². The van der Waals surface area contributed by atoms with Crippen molar-refractivity contribution in [1.82, 2.24) is 0 Å². The molecule has 0 aromatic carbocycles. The highest BCUT2D eigenvalue weighted by atomic mass is 31.2. The number of carbonyl (C=O) groups is 4. The fraction of sp³-hybridized carbons (Fsp3) is 0.946. The van der Waals surface area contributed by atoms with E-state index in [1.165, 1.54) is 212 Å². The molecule has 0 aromatic heterocycles. The van der Waals surface area contributed by atoms with Crippen molar-refractivity contribution in [2.24, 2.45) is 5.92 Å². The predicted molar refractivity (Wildman–Crippen MR) is 377 cm³/mol. The number of hydrogen-bond acceptors (Lipinski definition) is 15. The third-order valence-corrected chi connectivity index (χ3v) is 19.2. The van der Waals surface area contributed by atoms with E-state index in [1.807, 2.05) is 0 Å². The Morgan fingerprint density at radius 1 is 0.290 bits per heavy atom. The number of rotatable bonds is 74. The Morgan fingerprint density at radius 3 is 0.731 bits per heavy atom. The molecule has 5 atom stereocenters. The van der Waals surface area contributed by atoms with Gasteiger partial charge in [-0.2, -0.15) is 0 Å². The van der Waals surface area contributed by atoms with Crippen molar-refractivity contribution in [2.45, 2.75) is 406 Å². The zero-order chi connectivity index (χ0) is 68.4. The monoisotopic (exact) mass is 1370 g/mol. The minimum absolute atomic E-state index is 0.108. The molecule has 0 aromatic rings. The van der Waals surface area contributed by atoms with Gasteiger partial charge in [-0.15, -0.1) is 0 Å². The van der Waals surface area contributed by atoms with Gasteiger partial charge in [-0.1, -0.05) is 336 Å². The van der Waals surface area contributed by atoms with Gasteiger partial charge in [0.05, 0.1) is 26.4 Å². The Labute approximate surface area is 568 Å². The van der Waals surface area contributed by atoms with E-state index in [9.17, 15) is 43.2 Å². The Hall–Kier alpha value is -1.94. The molecule has 2 unspecified atom stereocenters. The first-order valence-electron chi connectivity index (χ1n) is 38.6. The number of hydrogen-bond donors (Lipinski definition) is 3. The number of phosphoric ester groups is 2. The average molecular weight is 1370 g/mol. The number of phosphoric acid groups is 2. The van der Waals surface area contributed by atoms with E-state index in [0.717, 1.165) is 95.8 Å². The third-order valence-electron chi connectivity index (χ3n) is 17.3. The molecular formula is C74H144O17P2. The topological polar surface area (TPSA) is 237 Å². The number of carbonyl (C=O) groups excluding carboxylic acids is 4. The van der Waals surface area contributed by atoms with Gasteiger partial charge in [0.25, 0.3) is 0 Å². The lowest BCUT2D eigenvalue weighted by Crippen LogP contribution is -2.30. The predicted octanol–water partition coefficient (Wildman–Crippen LogP) is 21.7. The van der Waals surface area contributed by atoms with Gasteiger partial charge in [0.1, 0.15) is 19.3 Å². The minimum atomic E-state index is -4.95. The van der Waals surface area contributed by atoms with Crippen molar-refractivity contribution >= 4 is 39.5 Å².